The van der Waals surface area contributed by atoms with Crippen LogP contribution in [0.25, 0.3) is 5.82 Å². The van der Waals surface area contributed by atoms with Gasteiger partial charge < -0.3 is 10.6 Å². The Morgan fingerprint density at radius 1 is 1.27 bits per heavy atom. The molecule has 2 aromatic heterocycles. The largest absolute Gasteiger partial charge is 0.368 e. The molecule has 0 unspecified atom stereocenters. The van der Waals surface area contributed by atoms with Crippen molar-refractivity contribution in [1.29, 1.82) is 0 Å². The fraction of sp³-hybridized carbons (Fsp3) is 0.176. The zero-order valence-electron chi connectivity index (χ0n) is 13.9. The number of nitrogens with zero attached hydrogens (tertiary/aromatic N) is 4. The highest BCUT2D eigenvalue weighted by atomic mass is 35.5. The second-order valence-corrected chi connectivity index (χ2v) is 5.82. The highest BCUT2D eigenvalue weighted by molar-refractivity contribution is 6.33. The Morgan fingerprint density at radius 2 is 2.12 bits per heavy atom. The minimum absolute atomic E-state index is 0.0748. The van der Waals surface area contributed by atoms with Gasteiger partial charge >= 0.3 is 0 Å². The van der Waals surface area contributed by atoms with Crippen LogP contribution in [-0.4, -0.2) is 38.7 Å². The van der Waals surface area contributed by atoms with Gasteiger partial charge in [0.15, 0.2) is 5.82 Å². The van der Waals surface area contributed by atoms with E-state index in [0.29, 0.717) is 30.5 Å². The Balaban J connectivity index is 1.56. The summed E-state index contributed by atoms with van der Waals surface area (Å²) in [5, 5.41) is 10.0. The molecule has 0 bridgehead atoms. The van der Waals surface area contributed by atoms with Gasteiger partial charge in [0.1, 0.15) is 17.5 Å². The van der Waals surface area contributed by atoms with Gasteiger partial charge in [0.25, 0.3) is 5.91 Å². The lowest BCUT2D eigenvalue weighted by Crippen LogP contribution is -2.29. The third-order valence-electron chi connectivity index (χ3n) is 3.46. The molecule has 0 saturated heterocycles. The summed E-state index contributed by atoms with van der Waals surface area (Å²) in [4.78, 5) is 20.7. The Kier molecular flexibility index (Phi) is 5.43. The van der Waals surface area contributed by atoms with E-state index >= 15 is 0 Å². The van der Waals surface area contributed by atoms with Crippen LogP contribution in [0.2, 0.25) is 5.02 Å². The Bertz CT molecular complexity index is 916. The quantitative estimate of drug-likeness (QED) is 0.648. The van der Waals surface area contributed by atoms with Crippen molar-refractivity contribution in [3.8, 4) is 5.82 Å². The smallest absolute Gasteiger partial charge is 0.252 e. The molecule has 0 aliphatic rings. The predicted molar refractivity (Wildman–Crippen MR) is 96.1 cm³/mol. The van der Waals surface area contributed by atoms with Crippen LogP contribution >= 0.6 is 11.6 Å². The normalized spacial score (nSPS) is 10.6. The number of amides is 1. The molecule has 2 N–H and O–H groups in total. The van der Waals surface area contributed by atoms with Gasteiger partial charge in [-0.2, -0.15) is 5.10 Å². The lowest BCUT2D eigenvalue weighted by Gasteiger charge is -2.10. The van der Waals surface area contributed by atoms with Gasteiger partial charge in [0.05, 0.1) is 10.6 Å². The van der Waals surface area contributed by atoms with E-state index in [1.165, 1.54) is 12.1 Å². The number of carbonyl (C=O) groups is 1. The van der Waals surface area contributed by atoms with E-state index < -0.39 is 5.82 Å². The Morgan fingerprint density at radius 3 is 2.85 bits per heavy atom. The van der Waals surface area contributed by atoms with Crippen molar-refractivity contribution >= 4 is 23.3 Å². The number of aryl methyl sites for hydroxylation is 1. The maximum Gasteiger partial charge on any atom is 0.252 e. The minimum Gasteiger partial charge on any atom is -0.368 e. The highest BCUT2D eigenvalue weighted by Gasteiger charge is 2.10. The molecule has 0 spiro atoms. The van der Waals surface area contributed by atoms with Gasteiger partial charge in [-0.05, 0) is 31.2 Å². The van der Waals surface area contributed by atoms with Crippen LogP contribution in [0.4, 0.5) is 10.2 Å². The van der Waals surface area contributed by atoms with Crippen LogP contribution in [0.1, 0.15) is 16.2 Å². The number of rotatable bonds is 6. The number of anilines is 1. The number of hydrogen-bond donors (Lipinski definition) is 2. The molecule has 2 heterocycles. The summed E-state index contributed by atoms with van der Waals surface area (Å²) in [6, 6.07) is 7.22. The second-order valence-electron chi connectivity index (χ2n) is 5.42. The monoisotopic (exact) mass is 374 g/mol. The van der Waals surface area contributed by atoms with Crippen molar-refractivity contribution < 1.29 is 9.18 Å². The first-order valence-corrected chi connectivity index (χ1v) is 8.23. The third-order valence-corrected chi connectivity index (χ3v) is 3.77. The first-order valence-electron chi connectivity index (χ1n) is 7.86. The lowest BCUT2D eigenvalue weighted by molar-refractivity contribution is 0.0955. The van der Waals surface area contributed by atoms with Crippen LogP contribution in [0.5, 0.6) is 0 Å². The SMILES string of the molecule is Cc1nc(NCCNC(=O)c2ccc(F)cc2Cl)cc(-n2cccn2)n1. The van der Waals surface area contributed by atoms with Gasteiger partial charge in [-0.15, -0.1) is 0 Å². The van der Waals surface area contributed by atoms with E-state index in [-0.39, 0.29) is 16.5 Å². The molecule has 1 aromatic carbocycles. The molecular weight excluding hydrogens is 359 g/mol. The van der Waals surface area contributed by atoms with Crippen LogP contribution in [0.3, 0.4) is 0 Å². The average molecular weight is 375 g/mol. The standard InChI is InChI=1S/C17H16ClFN6O/c1-11-23-15(10-16(24-11)25-8-2-5-22-25)20-6-7-21-17(26)13-4-3-12(19)9-14(13)18/h2-5,8-10H,6-7H2,1H3,(H,21,26)(H,20,23,24). The van der Waals surface area contributed by atoms with Gasteiger partial charge in [-0.25, -0.2) is 19.0 Å². The van der Waals surface area contributed by atoms with Crippen LogP contribution < -0.4 is 10.6 Å². The number of halogens is 2. The lowest BCUT2D eigenvalue weighted by atomic mass is 10.2. The Hall–Kier alpha value is -3.00. The van der Waals surface area contributed by atoms with Gasteiger partial charge in [0.2, 0.25) is 0 Å². The van der Waals surface area contributed by atoms with E-state index in [1.807, 2.05) is 0 Å². The predicted octanol–water partition coefficient (Wildman–Crippen LogP) is 2.61. The van der Waals surface area contributed by atoms with Crippen molar-refractivity contribution in [1.82, 2.24) is 25.1 Å². The fourth-order valence-corrected chi connectivity index (χ4v) is 2.55. The molecule has 0 atom stereocenters. The van der Waals surface area contributed by atoms with Crippen molar-refractivity contribution in [3.63, 3.8) is 0 Å². The van der Waals surface area contributed by atoms with Crippen LogP contribution in [0.15, 0.2) is 42.7 Å². The number of hydrogen-bond acceptors (Lipinski definition) is 5. The fourth-order valence-electron chi connectivity index (χ4n) is 2.30. The van der Waals surface area contributed by atoms with Crippen LogP contribution in [-0.2, 0) is 0 Å². The van der Waals surface area contributed by atoms with Crippen LogP contribution in [0, 0.1) is 12.7 Å². The zero-order chi connectivity index (χ0) is 18.5. The maximum atomic E-state index is 13.0. The van der Waals surface area contributed by atoms with E-state index in [2.05, 4.69) is 25.7 Å². The second kappa shape index (κ2) is 7.92. The number of aromatic nitrogens is 4. The van der Waals surface area contributed by atoms with Crippen molar-refractivity contribution in [2.24, 2.45) is 0 Å². The summed E-state index contributed by atoms with van der Waals surface area (Å²) in [7, 11) is 0. The highest BCUT2D eigenvalue weighted by Crippen LogP contribution is 2.17. The minimum atomic E-state index is -0.486. The molecule has 26 heavy (non-hydrogen) atoms. The maximum absolute atomic E-state index is 13.0. The number of nitrogens with one attached hydrogen (secondary N) is 2. The molecule has 9 heteroatoms. The third kappa shape index (κ3) is 4.34. The molecule has 1 amide bonds. The molecule has 0 saturated carbocycles. The molecule has 0 fully saturated rings. The first kappa shape index (κ1) is 17.8. The molecule has 3 rings (SSSR count). The summed E-state index contributed by atoms with van der Waals surface area (Å²) >= 11 is 5.88. The van der Waals surface area contributed by atoms with E-state index in [9.17, 15) is 9.18 Å². The average Bonchev–Trinajstić information content (AvgIpc) is 3.13. The first-order chi connectivity index (χ1) is 12.5. The van der Waals surface area contributed by atoms with Gasteiger partial charge in [-0.3, -0.25) is 4.79 Å². The molecule has 7 nitrogen and oxygen atoms in total. The molecule has 134 valence electrons. The topological polar surface area (TPSA) is 84.7 Å². The van der Waals surface area contributed by atoms with Gasteiger partial charge in [-0.1, -0.05) is 11.6 Å². The number of benzene rings is 1. The van der Waals surface area contributed by atoms with E-state index in [4.69, 9.17) is 11.6 Å². The van der Waals surface area contributed by atoms with Gasteiger partial charge in [0, 0.05) is 31.5 Å². The van der Waals surface area contributed by atoms with E-state index in [0.717, 1.165) is 6.07 Å². The summed E-state index contributed by atoms with van der Waals surface area (Å²) in [6.07, 6.45) is 3.46. The van der Waals surface area contributed by atoms with Crippen molar-refractivity contribution in [2.45, 2.75) is 6.92 Å². The molecule has 3 aromatic rings. The number of carbonyl (C=O) groups excluding carboxylic acids is 1. The summed E-state index contributed by atoms with van der Waals surface area (Å²) < 4.78 is 14.7. The molecular formula is C17H16ClFN6O. The molecule has 0 radical (unpaired) electrons. The van der Waals surface area contributed by atoms with E-state index in [1.54, 1.807) is 36.1 Å². The summed E-state index contributed by atoms with van der Waals surface area (Å²) in [5.74, 6) is 1.01. The molecule has 0 aliphatic carbocycles. The molecule has 0 aliphatic heterocycles. The van der Waals surface area contributed by atoms with Crippen molar-refractivity contribution in [2.75, 3.05) is 18.4 Å². The zero-order valence-corrected chi connectivity index (χ0v) is 14.7. The Labute approximate surface area is 154 Å². The van der Waals surface area contributed by atoms with Crippen molar-refractivity contribution in [3.05, 3.63) is 65.0 Å². The summed E-state index contributed by atoms with van der Waals surface area (Å²) in [6.45, 7) is 2.57. The summed E-state index contributed by atoms with van der Waals surface area (Å²) in [5.41, 5.74) is 0.229.